The molecule has 0 aliphatic carbocycles. The van der Waals surface area contributed by atoms with Crippen LogP contribution in [0.4, 0.5) is 0 Å². The molecule has 0 spiro atoms. The number of furan rings is 1. The molecule has 0 saturated carbocycles. The summed E-state index contributed by atoms with van der Waals surface area (Å²) >= 11 is 3.36. The summed E-state index contributed by atoms with van der Waals surface area (Å²) in [6.07, 6.45) is 1.47. The summed E-state index contributed by atoms with van der Waals surface area (Å²) in [5.74, 6) is 1.09. The molecule has 0 bridgehead atoms. The number of hydrogen-bond donors (Lipinski definition) is 1. The molecule has 0 radical (unpaired) electrons. The molecule has 0 atom stereocenters. The Balaban J connectivity index is 1.53. The van der Waals surface area contributed by atoms with Crippen molar-refractivity contribution >= 4 is 28.1 Å². The number of hydrogen-bond acceptors (Lipinski definition) is 5. The number of aryl methyl sites for hydroxylation is 1. The molecular weight excluding hydrogens is 386 g/mol. The van der Waals surface area contributed by atoms with Gasteiger partial charge in [-0.25, -0.2) is 5.43 Å². The van der Waals surface area contributed by atoms with Gasteiger partial charge in [-0.05, 0) is 40.5 Å². The first-order valence-corrected chi connectivity index (χ1v) is 8.89. The Labute approximate surface area is 155 Å². The van der Waals surface area contributed by atoms with E-state index in [-0.39, 0.29) is 5.91 Å². The van der Waals surface area contributed by atoms with Gasteiger partial charge < -0.3 is 9.15 Å². The fraction of sp³-hybridized carbons (Fsp3) is 0.333. The van der Waals surface area contributed by atoms with Crippen LogP contribution in [0.25, 0.3) is 0 Å². The lowest BCUT2D eigenvalue weighted by Gasteiger charge is -2.26. The van der Waals surface area contributed by atoms with Gasteiger partial charge in [-0.1, -0.05) is 12.1 Å². The molecule has 3 rings (SSSR count). The second kappa shape index (κ2) is 8.42. The van der Waals surface area contributed by atoms with E-state index in [2.05, 4.69) is 31.4 Å². The van der Waals surface area contributed by atoms with Crippen molar-refractivity contribution in [2.24, 2.45) is 5.10 Å². The highest BCUT2D eigenvalue weighted by atomic mass is 79.9. The minimum atomic E-state index is -0.253. The lowest BCUT2D eigenvalue weighted by Crippen LogP contribution is -2.35. The average Bonchev–Trinajstić information content (AvgIpc) is 2.94. The molecule has 132 valence electrons. The monoisotopic (exact) mass is 405 g/mol. The van der Waals surface area contributed by atoms with E-state index in [1.54, 1.807) is 6.07 Å². The van der Waals surface area contributed by atoms with E-state index in [1.165, 1.54) is 11.8 Å². The van der Waals surface area contributed by atoms with E-state index in [0.29, 0.717) is 11.3 Å². The topological polar surface area (TPSA) is 67.1 Å². The lowest BCUT2D eigenvalue weighted by atomic mass is 10.1. The molecule has 7 heteroatoms. The fourth-order valence-corrected chi connectivity index (χ4v) is 2.85. The highest BCUT2D eigenvalue weighted by Crippen LogP contribution is 2.19. The zero-order valence-corrected chi connectivity index (χ0v) is 15.6. The second-order valence-corrected chi connectivity index (χ2v) is 6.69. The Morgan fingerprint density at radius 2 is 2.04 bits per heavy atom. The van der Waals surface area contributed by atoms with Crippen LogP contribution in [0.3, 0.4) is 0 Å². The summed E-state index contributed by atoms with van der Waals surface area (Å²) in [7, 11) is 0. The molecule has 25 heavy (non-hydrogen) atoms. The van der Waals surface area contributed by atoms with Crippen LogP contribution in [-0.4, -0.2) is 43.3 Å². The number of rotatable bonds is 5. The standard InChI is InChI=1S/C18H20BrN3O3/c1-13-17(19)10-16(25-13)11-20-21-18(23)15-4-2-14(3-5-15)12-22-6-8-24-9-7-22/h2-5,10-11H,6-9,12H2,1H3,(H,21,23)/b20-11+. The van der Waals surface area contributed by atoms with Crippen LogP contribution in [-0.2, 0) is 11.3 Å². The molecule has 1 saturated heterocycles. The van der Waals surface area contributed by atoms with Gasteiger partial charge in [-0.3, -0.25) is 9.69 Å². The number of morpholine rings is 1. The van der Waals surface area contributed by atoms with Crippen LogP contribution in [0.1, 0.15) is 27.4 Å². The maximum absolute atomic E-state index is 12.1. The van der Waals surface area contributed by atoms with Crippen LogP contribution in [0, 0.1) is 6.92 Å². The van der Waals surface area contributed by atoms with Gasteiger partial charge in [-0.2, -0.15) is 5.10 Å². The number of nitrogens with zero attached hydrogens (tertiary/aromatic N) is 2. The number of benzene rings is 1. The Hall–Kier alpha value is -1.96. The number of hydrazone groups is 1. The van der Waals surface area contributed by atoms with Crippen molar-refractivity contribution < 1.29 is 13.9 Å². The molecule has 0 unspecified atom stereocenters. The third-order valence-electron chi connectivity index (χ3n) is 3.96. The number of nitrogens with one attached hydrogen (secondary N) is 1. The van der Waals surface area contributed by atoms with Crippen LogP contribution >= 0.6 is 15.9 Å². The van der Waals surface area contributed by atoms with Gasteiger partial charge in [-0.15, -0.1) is 0 Å². The van der Waals surface area contributed by atoms with E-state index in [4.69, 9.17) is 9.15 Å². The van der Waals surface area contributed by atoms with Crippen molar-refractivity contribution in [3.8, 4) is 0 Å². The first-order chi connectivity index (χ1) is 12.1. The lowest BCUT2D eigenvalue weighted by molar-refractivity contribution is 0.0342. The minimum absolute atomic E-state index is 0.253. The maximum atomic E-state index is 12.1. The molecule has 1 N–H and O–H groups in total. The van der Waals surface area contributed by atoms with E-state index < -0.39 is 0 Å². The first-order valence-electron chi connectivity index (χ1n) is 8.10. The van der Waals surface area contributed by atoms with Gasteiger partial charge in [0, 0.05) is 31.3 Å². The van der Waals surface area contributed by atoms with Crippen LogP contribution in [0.5, 0.6) is 0 Å². The predicted octanol–water partition coefficient (Wildman–Crippen LogP) is 2.95. The molecule has 1 aromatic heterocycles. The quantitative estimate of drug-likeness (QED) is 0.613. The summed E-state index contributed by atoms with van der Waals surface area (Å²) in [5, 5.41) is 3.93. The SMILES string of the molecule is Cc1oc(/C=N/NC(=O)c2ccc(CN3CCOCC3)cc2)cc1Br. The third kappa shape index (κ3) is 5.01. The number of carbonyl (C=O) groups is 1. The number of carbonyl (C=O) groups excluding carboxylic acids is 1. The normalized spacial score (nSPS) is 15.6. The average molecular weight is 406 g/mol. The molecule has 1 aliphatic rings. The summed E-state index contributed by atoms with van der Waals surface area (Å²) in [6.45, 7) is 6.17. The largest absolute Gasteiger partial charge is 0.459 e. The minimum Gasteiger partial charge on any atom is -0.459 e. The molecule has 6 nitrogen and oxygen atoms in total. The van der Waals surface area contributed by atoms with Crippen LogP contribution in [0.2, 0.25) is 0 Å². The molecule has 1 amide bonds. The van der Waals surface area contributed by atoms with Gasteiger partial charge in [0.15, 0.2) is 0 Å². The van der Waals surface area contributed by atoms with Gasteiger partial charge in [0.05, 0.1) is 23.9 Å². The Morgan fingerprint density at radius 1 is 1.32 bits per heavy atom. The van der Waals surface area contributed by atoms with E-state index in [9.17, 15) is 4.79 Å². The maximum Gasteiger partial charge on any atom is 0.271 e. The summed E-state index contributed by atoms with van der Waals surface area (Å²) < 4.78 is 11.6. The smallest absolute Gasteiger partial charge is 0.271 e. The van der Waals surface area contributed by atoms with E-state index in [0.717, 1.165) is 43.1 Å². The third-order valence-corrected chi connectivity index (χ3v) is 4.75. The van der Waals surface area contributed by atoms with Crippen molar-refractivity contribution in [2.75, 3.05) is 26.3 Å². The fourth-order valence-electron chi connectivity index (χ4n) is 2.54. The van der Waals surface area contributed by atoms with Gasteiger partial charge in [0.25, 0.3) is 5.91 Å². The van der Waals surface area contributed by atoms with Crippen molar-refractivity contribution in [1.82, 2.24) is 10.3 Å². The zero-order valence-electron chi connectivity index (χ0n) is 14.0. The van der Waals surface area contributed by atoms with Crippen molar-refractivity contribution in [2.45, 2.75) is 13.5 Å². The highest BCUT2D eigenvalue weighted by Gasteiger charge is 2.11. The molecule has 2 heterocycles. The number of ether oxygens (including phenoxy) is 1. The van der Waals surface area contributed by atoms with E-state index in [1.807, 2.05) is 31.2 Å². The molecule has 1 fully saturated rings. The van der Waals surface area contributed by atoms with Crippen LogP contribution in [0.15, 0.2) is 44.3 Å². The van der Waals surface area contributed by atoms with Crippen molar-refractivity contribution in [1.29, 1.82) is 0 Å². The summed E-state index contributed by atoms with van der Waals surface area (Å²) in [4.78, 5) is 14.5. The number of amides is 1. The molecular formula is C18H20BrN3O3. The zero-order chi connectivity index (χ0) is 17.6. The Morgan fingerprint density at radius 3 is 2.68 bits per heavy atom. The summed E-state index contributed by atoms with van der Waals surface area (Å²) in [5.41, 5.74) is 4.25. The van der Waals surface area contributed by atoms with Gasteiger partial charge in [0.1, 0.15) is 11.5 Å². The molecule has 1 aromatic carbocycles. The van der Waals surface area contributed by atoms with Gasteiger partial charge >= 0.3 is 0 Å². The second-order valence-electron chi connectivity index (χ2n) is 5.84. The number of halogens is 1. The highest BCUT2D eigenvalue weighted by molar-refractivity contribution is 9.10. The Bertz CT molecular complexity index is 730. The molecule has 1 aliphatic heterocycles. The van der Waals surface area contributed by atoms with Crippen molar-refractivity contribution in [3.63, 3.8) is 0 Å². The first kappa shape index (κ1) is 17.8. The molecule has 2 aromatic rings. The van der Waals surface area contributed by atoms with Crippen LogP contribution < -0.4 is 5.43 Å². The van der Waals surface area contributed by atoms with Gasteiger partial charge in [0.2, 0.25) is 0 Å². The van der Waals surface area contributed by atoms with Crippen molar-refractivity contribution in [3.05, 3.63) is 57.5 Å². The van der Waals surface area contributed by atoms with E-state index >= 15 is 0 Å². The Kier molecular flexibility index (Phi) is 6.01. The summed E-state index contributed by atoms with van der Waals surface area (Å²) in [6, 6.07) is 9.37. The predicted molar refractivity (Wildman–Crippen MR) is 98.7 cm³/mol.